The second-order valence-electron chi connectivity index (χ2n) is 10.6. The molecule has 0 aliphatic heterocycles. The molecule has 0 heterocycles. The van der Waals surface area contributed by atoms with Gasteiger partial charge in [0, 0.05) is 18.8 Å². The Kier molecular flexibility index (Phi) is 12.6. The summed E-state index contributed by atoms with van der Waals surface area (Å²) in [6.07, 6.45) is 2.86. The van der Waals surface area contributed by atoms with Crippen LogP contribution in [0.2, 0.25) is 0 Å². The Morgan fingerprint density at radius 3 is 2.33 bits per heavy atom. The van der Waals surface area contributed by atoms with Crippen LogP contribution in [-0.2, 0) is 20.9 Å². The van der Waals surface area contributed by atoms with Gasteiger partial charge in [-0.05, 0) is 62.9 Å². The summed E-state index contributed by atoms with van der Waals surface area (Å²) in [6.45, 7) is 9.66. The van der Waals surface area contributed by atoms with Crippen molar-refractivity contribution in [3.63, 3.8) is 0 Å². The van der Waals surface area contributed by atoms with Crippen molar-refractivity contribution in [3.8, 4) is 5.75 Å². The van der Waals surface area contributed by atoms with Crippen LogP contribution >= 0.6 is 12.6 Å². The van der Waals surface area contributed by atoms with Gasteiger partial charge < -0.3 is 25.4 Å². The molecule has 3 amide bonds. The number of carbonyl (C=O) groups is 3. The van der Waals surface area contributed by atoms with Crippen LogP contribution in [0.25, 0.3) is 0 Å². The Balaban J connectivity index is 2.44. The molecule has 0 saturated heterocycles. The number of alkyl carbamates (subject to hydrolysis) is 1. The van der Waals surface area contributed by atoms with Crippen molar-refractivity contribution in [2.75, 3.05) is 12.3 Å². The zero-order valence-electron chi connectivity index (χ0n) is 23.7. The Bertz CT molecular complexity index is 1090. The van der Waals surface area contributed by atoms with Crippen LogP contribution in [0.15, 0.2) is 48.5 Å². The van der Waals surface area contributed by atoms with Crippen LogP contribution in [0.3, 0.4) is 0 Å². The summed E-state index contributed by atoms with van der Waals surface area (Å²) in [5.41, 5.74) is 1.34. The van der Waals surface area contributed by atoms with Crippen molar-refractivity contribution >= 4 is 30.5 Å². The fourth-order valence-electron chi connectivity index (χ4n) is 4.11. The molecule has 0 spiro atoms. The van der Waals surface area contributed by atoms with E-state index >= 15 is 0 Å². The molecule has 8 nitrogen and oxygen atoms in total. The molecule has 2 aromatic carbocycles. The third-order valence-electron chi connectivity index (χ3n) is 6.11. The first-order chi connectivity index (χ1) is 18.5. The van der Waals surface area contributed by atoms with E-state index in [0.29, 0.717) is 24.1 Å². The molecule has 0 aromatic heterocycles. The van der Waals surface area contributed by atoms with E-state index in [4.69, 9.17) is 4.74 Å². The molecular formula is C30H43N3O5S. The lowest BCUT2D eigenvalue weighted by atomic mass is 9.99. The molecule has 0 bridgehead atoms. The Morgan fingerprint density at radius 2 is 1.74 bits per heavy atom. The van der Waals surface area contributed by atoms with Gasteiger partial charge in [-0.3, -0.25) is 9.59 Å². The minimum absolute atomic E-state index is 0.0243. The molecule has 3 N–H and O–H groups in total. The number of nitrogens with zero attached hydrogens (tertiary/aromatic N) is 1. The summed E-state index contributed by atoms with van der Waals surface area (Å²) in [5, 5.41) is 15.7. The molecule has 9 heteroatoms. The van der Waals surface area contributed by atoms with Gasteiger partial charge in [0.1, 0.15) is 23.4 Å². The number of thiol groups is 1. The highest BCUT2D eigenvalue weighted by molar-refractivity contribution is 7.80. The van der Waals surface area contributed by atoms with E-state index in [1.54, 1.807) is 39.8 Å². The molecule has 214 valence electrons. The summed E-state index contributed by atoms with van der Waals surface area (Å²) in [4.78, 5) is 41.8. The molecule has 2 unspecified atom stereocenters. The third kappa shape index (κ3) is 10.5. The first kappa shape index (κ1) is 32.0. The number of amides is 3. The lowest BCUT2D eigenvalue weighted by Gasteiger charge is -2.34. The van der Waals surface area contributed by atoms with Gasteiger partial charge in [0.05, 0.1) is 0 Å². The second kappa shape index (κ2) is 15.4. The summed E-state index contributed by atoms with van der Waals surface area (Å²) in [7, 11) is 0. The average Bonchev–Trinajstić information content (AvgIpc) is 2.88. The normalized spacial score (nSPS) is 12.8. The zero-order chi connectivity index (χ0) is 29.0. The maximum atomic E-state index is 14.0. The van der Waals surface area contributed by atoms with Crippen molar-refractivity contribution in [1.82, 2.24) is 15.5 Å². The number of carbonyl (C=O) groups excluding carboxylic acids is 3. The van der Waals surface area contributed by atoms with Crippen LogP contribution in [0, 0.1) is 6.92 Å². The van der Waals surface area contributed by atoms with Gasteiger partial charge in [0.25, 0.3) is 0 Å². The molecule has 2 aromatic rings. The minimum atomic E-state index is -1.00. The predicted octanol–water partition coefficient (Wildman–Crippen LogP) is 5.29. The van der Waals surface area contributed by atoms with Crippen LogP contribution in [0.5, 0.6) is 5.75 Å². The van der Waals surface area contributed by atoms with Crippen molar-refractivity contribution in [1.29, 1.82) is 0 Å². The topological polar surface area (TPSA) is 108 Å². The quantitative estimate of drug-likeness (QED) is 0.198. The number of aromatic hydroxyl groups is 1. The SMILES string of the molecule is CCCCCCN(C(=O)C(CS)NC(=O)OC(C)(C)C)C(C(=O)NCc1ccccc1)c1ccc(O)c(C)c1. The van der Waals surface area contributed by atoms with Crippen LogP contribution in [-0.4, -0.2) is 51.9 Å². The number of phenols is 1. The number of hydrogen-bond acceptors (Lipinski definition) is 6. The number of benzene rings is 2. The molecule has 0 fully saturated rings. The van der Waals surface area contributed by atoms with E-state index in [1.807, 2.05) is 30.3 Å². The lowest BCUT2D eigenvalue weighted by Crippen LogP contribution is -2.54. The highest BCUT2D eigenvalue weighted by Crippen LogP contribution is 2.28. The average molecular weight is 558 g/mol. The zero-order valence-corrected chi connectivity index (χ0v) is 24.6. The first-order valence-electron chi connectivity index (χ1n) is 13.5. The van der Waals surface area contributed by atoms with Crippen LogP contribution in [0.4, 0.5) is 4.79 Å². The summed E-state index contributed by atoms with van der Waals surface area (Å²) >= 11 is 4.34. The van der Waals surface area contributed by atoms with Crippen molar-refractivity contribution in [3.05, 3.63) is 65.2 Å². The molecular weight excluding hydrogens is 514 g/mol. The standard InChI is InChI=1S/C30H43N3O5S/c1-6-7-8-12-17-33(28(36)24(20-39)32-29(37)38-30(3,4)5)26(23-15-16-25(34)21(2)18-23)27(35)31-19-22-13-10-9-11-14-22/h9-11,13-16,18,24,26,34,39H,6-8,12,17,19-20H2,1-5H3,(H,31,35)(H,32,37). The van der Waals surface area contributed by atoms with Gasteiger partial charge in [-0.2, -0.15) is 12.6 Å². The molecule has 2 rings (SSSR count). The largest absolute Gasteiger partial charge is 0.508 e. The number of hydrogen-bond donors (Lipinski definition) is 4. The van der Waals surface area contributed by atoms with Gasteiger partial charge >= 0.3 is 6.09 Å². The Hall–Kier alpha value is -3.20. The second-order valence-corrected chi connectivity index (χ2v) is 11.0. The van der Waals surface area contributed by atoms with E-state index < -0.39 is 29.7 Å². The maximum absolute atomic E-state index is 14.0. The fourth-order valence-corrected chi connectivity index (χ4v) is 4.36. The number of rotatable bonds is 13. The smallest absolute Gasteiger partial charge is 0.408 e. The minimum Gasteiger partial charge on any atom is -0.508 e. The van der Waals surface area contributed by atoms with Crippen molar-refractivity contribution < 1.29 is 24.2 Å². The van der Waals surface area contributed by atoms with Gasteiger partial charge in [-0.1, -0.05) is 62.6 Å². The van der Waals surface area contributed by atoms with Crippen molar-refractivity contribution in [2.24, 2.45) is 0 Å². The number of nitrogens with one attached hydrogen (secondary N) is 2. The number of aryl methyl sites for hydroxylation is 1. The number of phenolic OH excluding ortho intramolecular Hbond substituents is 1. The van der Waals surface area contributed by atoms with E-state index in [0.717, 1.165) is 24.8 Å². The molecule has 0 aliphatic carbocycles. The van der Waals surface area contributed by atoms with Crippen LogP contribution < -0.4 is 10.6 Å². The molecule has 0 saturated carbocycles. The molecule has 2 atom stereocenters. The maximum Gasteiger partial charge on any atom is 0.408 e. The first-order valence-corrected chi connectivity index (χ1v) is 14.1. The summed E-state index contributed by atoms with van der Waals surface area (Å²) in [5.74, 6) is -0.667. The monoisotopic (exact) mass is 557 g/mol. The Morgan fingerprint density at radius 1 is 1.05 bits per heavy atom. The van der Waals surface area contributed by atoms with E-state index in [1.165, 1.54) is 11.0 Å². The van der Waals surface area contributed by atoms with Crippen molar-refractivity contribution in [2.45, 2.75) is 84.5 Å². The van der Waals surface area contributed by atoms with Gasteiger partial charge in [-0.15, -0.1) is 0 Å². The lowest BCUT2D eigenvalue weighted by molar-refractivity contribution is -0.142. The third-order valence-corrected chi connectivity index (χ3v) is 6.48. The predicted molar refractivity (Wildman–Crippen MR) is 157 cm³/mol. The van der Waals surface area contributed by atoms with Gasteiger partial charge in [0.2, 0.25) is 11.8 Å². The number of unbranched alkanes of at least 4 members (excludes halogenated alkanes) is 3. The summed E-state index contributed by atoms with van der Waals surface area (Å²) in [6, 6.07) is 12.4. The van der Waals surface area contributed by atoms with Gasteiger partial charge in [-0.25, -0.2) is 4.79 Å². The molecule has 39 heavy (non-hydrogen) atoms. The molecule has 0 aliphatic rings. The highest BCUT2D eigenvalue weighted by atomic mass is 32.1. The molecule has 0 radical (unpaired) electrons. The number of ether oxygens (including phenoxy) is 1. The summed E-state index contributed by atoms with van der Waals surface area (Å²) < 4.78 is 5.36. The fraction of sp³-hybridized carbons (Fsp3) is 0.500. The highest BCUT2D eigenvalue weighted by Gasteiger charge is 2.35. The Labute approximate surface area is 237 Å². The van der Waals surface area contributed by atoms with Gasteiger partial charge in [0.15, 0.2) is 0 Å². The van der Waals surface area contributed by atoms with E-state index in [9.17, 15) is 19.5 Å². The van der Waals surface area contributed by atoms with E-state index in [-0.39, 0.29) is 24.0 Å². The van der Waals surface area contributed by atoms with Crippen LogP contribution in [0.1, 0.15) is 76.1 Å². The van der Waals surface area contributed by atoms with E-state index in [2.05, 4.69) is 30.2 Å².